The van der Waals surface area contributed by atoms with Crippen molar-refractivity contribution < 1.29 is 14.3 Å². The molecular weight excluding hydrogens is 388 g/mol. The van der Waals surface area contributed by atoms with Crippen molar-refractivity contribution in [2.45, 2.75) is 6.92 Å². The number of hydrogen-bond donors (Lipinski definition) is 2. The van der Waals surface area contributed by atoms with Crippen LogP contribution >= 0.6 is 11.8 Å². The van der Waals surface area contributed by atoms with Gasteiger partial charge in [-0.15, -0.1) is 11.8 Å². The smallest absolute Gasteiger partial charge is 0.237 e. The van der Waals surface area contributed by atoms with E-state index >= 15 is 0 Å². The molecule has 2 amide bonds. The molecule has 0 saturated carbocycles. The van der Waals surface area contributed by atoms with E-state index in [1.807, 2.05) is 31.2 Å². The fourth-order valence-electron chi connectivity index (χ4n) is 2.45. The maximum atomic E-state index is 12.1. The molecule has 7 nitrogen and oxygen atoms in total. The molecule has 0 aliphatic heterocycles. The zero-order valence-corrected chi connectivity index (χ0v) is 16.6. The lowest BCUT2D eigenvalue weighted by atomic mass is 10.2. The molecule has 0 bridgehead atoms. The first kappa shape index (κ1) is 20.3. The molecule has 0 unspecified atom stereocenters. The fraction of sp³-hybridized carbons (Fsp3) is 0.143. The molecule has 2 aromatic carbocycles. The number of hydrogen-bond acceptors (Lipinski definition) is 6. The van der Waals surface area contributed by atoms with Crippen molar-refractivity contribution in [3.63, 3.8) is 0 Å². The number of benzene rings is 2. The standard InChI is InChI=1S/C21H20N4O3S/c1-15-4-2-5-16(10-15)24-19(26)13-29-14-20(27)25-17-6-3-7-18(11-17)28-21-12-22-8-9-23-21/h2-12H,13-14H2,1H3,(H,24,26)(H,25,27). The molecule has 8 heteroatoms. The van der Waals surface area contributed by atoms with Gasteiger partial charge in [0.05, 0.1) is 17.7 Å². The van der Waals surface area contributed by atoms with E-state index in [2.05, 4.69) is 20.6 Å². The predicted octanol–water partition coefficient (Wildman–Crippen LogP) is 3.89. The van der Waals surface area contributed by atoms with Crippen molar-refractivity contribution in [3.8, 4) is 11.6 Å². The summed E-state index contributed by atoms with van der Waals surface area (Å²) >= 11 is 1.25. The van der Waals surface area contributed by atoms with Gasteiger partial charge in [0.25, 0.3) is 0 Å². The summed E-state index contributed by atoms with van der Waals surface area (Å²) in [6, 6.07) is 14.6. The molecule has 3 rings (SSSR count). The summed E-state index contributed by atoms with van der Waals surface area (Å²) in [5.74, 6) is 0.913. The summed E-state index contributed by atoms with van der Waals surface area (Å²) in [7, 11) is 0. The van der Waals surface area contributed by atoms with Gasteiger partial charge in [0.15, 0.2) is 0 Å². The van der Waals surface area contributed by atoms with Crippen LogP contribution in [0, 0.1) is 6.92 Å². The van der Waals surface area contributed by atoms with Crippen molar-refractivity contribution in [1.29, 1.82) is 0 Å². The molecule has 2 N–H and O–H groups in total. The molecule has 0 aliphatic rings. The van der Waals surface area contributed by atoms with Crippen molar-refractivity contribution in [1.82, 2.24) is 9.97 Å². The number of carbonyl (C=O) groups is 2. The van der Waals surface area contributed by atoms with Crippen LogP contribution in [0.4, 0.5) is 11.4 Å². The number of ether oxygens (including phenoxy) is 1. The van der Waals surface area contributed by atoms with E-state index in [4.69, 9.17) is 4.74 Å². The summed E-state index contributed by atoms with van der Waals surface area (Å²) < 4.78 is 5.60. The number of rotatable bonds is 8. The minimum Gasteiger partial charge on any atom is -0.437 e. The van der Waals surface area contributed by atoms with E-state index in [1.165, 1.54) is 24.2 Å². The largest absolute Gasteiger partial charge is 0.437 e. The maximum absolute atomic E-state index is 12.1. The third kappa shape index (κ3) is 6.93. The van der Waals surface area contributed by atoms with Crippen LogP contribution in [0.1, 0.15) is 5.56 Å². The van der Waals surface area contributed by atoms with Crippen LogP contribution in [0.5, 0.6) is 11.6 Å². The third-order valence-corrected chi connectivity index (χ3v) is 4.58. The highest BCUT2D eigenvalue weighted by Gasteiger charge is 2.08. The molecule has 1 aromatic heterocycles. The van der Waals surface area contributed by atoms with Crippen LogP contribution in [-0.4, -0.2) is 33.3 Å². The summed E-state index contributed by atoms with van der Waals surface area (Å²) in [4.78, 5) is 32.1. The average molecular weight is 408 g/mol. The first-order chi connectivity index (χ1) is 14.1. The second kappa shape index (κ2) is 10.2. The molecule has 0 atom stereocenters. The van der Waals surface area contributed by atoms with Crippen molar-refractivity contribution >= 4 is 35.0 Å². The SMILES string of the molecule is Cc1cccc(NC(=O)CSCC(=O)Nc2cccc(Oc3cnccn3)c2)c1. The minimum absolute atomic E-state index is 0.146. The van der Waals surface area contributed by atoms with E-state index in [0.717, 1.165) is 11.3 Å². The number of aromatic nitrogens is 2. The molecule has 0 fully saturated rings. The number of thioether (sulfide) groups is 1. The van der Waals surface area contributed by atoms with Gasteiger partial charge < -0.3 is 15.4 Å². The Hall–Kier alpha value is -3.39. The zero-order valence-electron chi connectivity index (χ0n) is 15.8. The van der Waals surface area contributed by atoms with Crippen molar-refractivity contribution in [2.75, 3.05) is 22.1 Å². The van der Waals surface area contributed by atoms with E-state index in [9.17, 15) is 9.59 Å². The third-order valence-electron chi connectivity index (χ3n) is 3.65. The van der Waals surface area contributed by atoms with Gasteiger partial charge in [-0.1, -0.05) is 18.2 Å². The molecule has 1 heterocycles. The monoisotopic (exact) mass is 408 g/mol. The molecule has 0 spiro atoms. The maximum Gasteiger partial charge on any atom is 0.237 e. The highest BCUT2D eigenvalue weighted by Crippen LogP contribution is 2.22. The van der Waals surface area contributed by atoms with Crippen LogP contribution in [0.15, 0.2) is 67.1 Å². The van der Waals surface area contributed by atoms with Crippen LogP contribution in [0.2, 0.25) is 0 Å². The highest BCUT2D eigenvalue weighted by molar-refractivity contribution is 8.00. The molecule has 3 aromatic rings. The van der Waals surface area contributed by atoms with Crippen molar-refractivity contribution in [2.24, 2.45) is 0 Å². The number of aryl methyl sites for hydroxylation is 1. The fourth-order valence-corrected chi connectivity index (χ4v) is 3.07. The first-order valence-corrected chi connectivity index (χ1v) is 10.0. The zero-order chi connectivity index (χ0) is 20.5. The van der Waals surface area contributed by atoms with Crippen LogP contribution in [-0.2, 0) is 9.59 Å². The number of anilines is 2. The Balaban J connectivity index is 1.43. The average Bonchev–Trinajstić information content (AvgIpc) is 2.69. The molecule has 0 aliphatic carbocycles. The Kier molecular flexibility index (Phi) is 7.18. The van der Waals surface area contributed by atoms with Crippen LogP contribution < -0.4 is 15.4 Å². The molecular formula is C21H20N4O3S. The van der Waals surface area contributed by atoms with Crippen LogP contribution in [0.25, 0.3) is 0 Å². The Morgan fingerprint density at radius 2 is 1.66 bits per heavy atom. The molecule has 148 valence electrons. The summed E-state index contributed by atoms with van der Waals surface area (Å²) in [6.45, 7) is 1.96. The van der Waals surface area contributed by atoms with Gasteiger partial charge in [0.2, 0.25) is 17.7 Å². The van der Waals surface area contributed by atoms with Gasteiger partial charge in [-0.05, 0) is 36.8 Å². The predicted molar refractivity (Wildman–Crippen MR) is 114 cm³/mol. The number of carbonyl (C=O) groups excluding carboxylic acids is 2. The lowest BCUT2D eigenvalue weighted by Gasteiger charge is -2.08. The summed E-state index contributed by atoms with van der Waals surface area (Å²) in [5, 5.41) is 5.61. The first-order valence-electron chi connectivity index (χ1n) is 8.86. The Bertz CT molecular complexity index is 982. The van der Waals surface area contributed by atoms with E-state index < -0.39 is 0 Å². The van der Waals surface area contributed by atoms with Gasteiger partial charge in [-0.3, -0.25) is 14.6 Å². The van der Waals surface area contributed by atoms with E-state index in [-0.39, 0.29) is 23.3 Å². The summed E-state index contributed by atoms with van der Waals surface area (Å²) in [6.07, 6.45) is 4.60. The minimum atomic E-state index is -0.199. The van der Waals surface area contributed by atoms with Gasteiger partial charge >= 0.3 is 0 Å². The molecule has 29 heavy (non-hydrogen) atoms. The summed E-state index contributed by atoms with van der Waals surface area (Å²) in [5.41, 5.74) is 2.42. The van der Waals surface area contributed by atoms with Gasteiger partial charge in [0, 0.05) is 29.8 Å². The highest BCUT2D eigenvalue weighted by atomic mass is 32.2. The Labute approximate surface area is 172 Å². The lowest BCUT2D eigenvalue weighted by molar-refractivity contribution is -0.114. The van der Waals surface area contributed by atoms with Crippen molar-refractivity contribution in [3.05, 3.63) is 72.7 Å². The van der Waals surface area contributed by atoms with E-state index in [0.29, 0.717) is 17.3 Å². The van der Waals surface area contributed by atoms with Crippen LogP contribution in [0.3, 0.4) is 0 Å². The number of nitrogens with one attached hydrogen (secondary N) is 2. The van der Waals surface area contributed by atoms with Gasteiger partial charge in [-0.2, -0.15) is 0 Å². The quantitative estimate of drug-likeness (QED) is 0.587. The number of amides is 2. The molecule has 0 saturated heterocycles. The molecule has 0 radical (unpaired) electrons. The lowest BCUT2D eigenvalue weighted by Crippen LogP contribution is -2.18. The second-order valence-electron chi connectivity index (χ2n) is 6.13. The van der Waals surface area contributed by atoms with Gasteiger partial charge in [0.1, 0.15) is 5.75 Å². The normalized spacial score (nSPS) is 10.2. The topological polar surface area (TPSA) is 93.2 Å². The van der Waals surface area contributed by atoms with E-state index in [1.54, 1.807) is 30.5 Å². The van der Waals surface area contributed by atoms with Gasteiger partial charge in [-0.25, -0.2) is 4.98 Å². The number of nitrogens with zero attached hydrogens (tertiary/aromatic N) is 2. The Morgan fingerprint density at radius 3 is 2.31 bits per heavy atom. The Morgan fingerprint density at radius 1 is 0.966 bits per heavy atom. The second-order valence-corrected chi connectivity index (χ2v) is 7.12.